The molecule has 2 aromatic heterocycles. The van der Waals surface area contributed by atoms with Crippen LogP contribution < -0.4 is 4.72 Å². The van der Waals surface area contributed by atoms with Crippen LogP contribution in [-0.2, 0) is 16.4 Å². The van der Waals surface area contributed by atoms with Crippen LogP contribution in [0.15, 0.2) is 52.9 Å². The summed E-state index contributed by atoms with van der Waals surface area (Å²) in [6.07, 6.45) is 2.50. The van der Waals surface area contributed by atoms with Gasteiger partial charge < -0.3 is 0 Å². The van der Waals surface area contributed by atoms with Crippen LogP contribution in [-0.4, -0.2) is 18.6 Å². The molecule has 0 saturated carbocycles. The molecular weight excluding hydrogens is 318 g/mol. The van der Waals surface area contributed by atoms with Gasteiger partial charge in [0.25, 0.3) is 10.0 Å². The Hall–Kier alpha value is -2.12. The van der Waals surface area contributed by atoms with Crippen LogP contribution in [0.2, 0.25) is 0 Å². The van der Waals surface area contributed by atoms with Crippen molar-refractivity contribution in [1.82, 2.24) is 10.2 Å². The first-order valence-electron chi connectivity index (χ1n) is 6.80. The van der Waals surface area contributed by atoms with Gasteiger partial charge in [0.15, 0.2) is 0 Å². The Balaban J connectivity index is 1.86. The van der Waals surface area contributed by atoms with Gasteiger partial charge in [0.05, 0.1) is 10.6 Å². The summed E-state index contributed by atoms with van der Waals surface area (Å²) in [4.78, 5) is 0.834. The fourth-order valence-corrected chi connectivity index (χ4v) is 4.39. The van der Waals surface area contributed by atoms with E-state index in [-0.39, 0.29) is 4.21 Å². The molecule has 0 aliphatic heterocycles. The SMILES string of the molecule is CCc1cccc(NS(=O)(=O)c2ccc(-c3ccn[nH]3)s2)c1. The molecular formula is C15H15N3O2S2. The normalized spacial score (nSPS) is 11.5. The van der Waals surface area contributed by atoms with Crippen molar-refractivity contribution < 1.29 is 8.42 Å². The first kappa shape index (κ1) is 14.8. The van der Waals surface area contributed by atoms with E-state index in [1.807, 2.05) is 25.1 Å². The number of rotatable bonds is 5. The van der Waals surface area contributed by atoms with Crippen LogP contribution in [0, 0.1) is 0 Å². The average molecular weight is 333 g/mol. The summed E-state index contributed by atoms with van der Waals surface area (Å²) in [7, 11) is -3.57. The van der Waals surface area contributed by atoms with Gasteiger partial charge in [-0.3, -0.25) is 9.82 Å². The number of benzene rings is 1. The van der Waals surface area contributed by atoms with Gasteiger partial charge >= 0.3 is 0 Å². The van der Waals surface area contributed by atoms with E-state index in [1.54, 1.807) is 30.5 Å². The first-order valence-corrected chi connectivity index (χ1v) is 9.10. The smallest absolute Gasteiger partial charge is 0.271 e. The van der Waals surface area contributed by atoms with E-state index in [1.165, 1.54) is 11.3 Å². The highest BCUT2D eigenvalue weighted by atomic mass is 32.2. The third-order valence-electron chi connectivity index (χ3n) is 3.20. The van der Waals surface area contributed by atoms with E-state index < -0.39 is 10.0 Å². The summed E-state index contributed by atoms with van der Waals surface area (Å²) in [5.74, 6) is 0. The van der Waals surface area contributed by atoms with Crippen LogP contribution in [0.3, 0.4) is 0 Å². The third kappa shape index (κ3) is 3.05. The third-order valence-corrected chi connectivity index (χ3v) is 6.19. The number of anilines is 1. The fourth-order valence-electron chi connectivity index (χ4n) is 2.06. The molecule has 2 N–H and O–H groups in total. The van der Waals surface area contributed by atoms with Crippen LogP contribution in [0.1, 0.15) is 12.5 Å². The highest BCUT2D eigenvalue weighted by molar-refractivity contribution is 7.94. The van der Waals surface area contributed by atoms with Gasteiger partial charge in [-0.2, -0.15) is 5.10 Å². The molecule has 114 valence electrons. The second-order valence-corrected chi connectivity index (χ2v) is 7.74. The van der Waals surface area contributed by atoms with E-state index in [9.17, 15) is 8.42 Å². The summed E-state index contributed by atoms with van der Waals surface area (Å²) in [5.41, 5.74) is 2.47. The number of nitrogens with one attached hydrogen (secondary N) is 2. The zero-order valence-electron chi connectivity index (χ0n) is 11.9. The summed E-state index contributed by atoms with van der Waals surface area (Å²) < 4.78 is 27.8. The van der Waals surface area contributed by atoms with Crippen LogP contribution in [0.25, 0.3) is 10.6 Å². The second-order valence-electron chi connectivity index (χ2n) is 4.75. The summed E-state index contributed by atoms with van der Waals surface area (Å²) in [6, 6.07) is 12.6. The van der Waals surface area contributed by atoms with Gasteiger partial charge in [-0.15, -0.1) is 11.3 Å². The first-order chi connectivity index (χ1) is 10.6. The molecule has 3 rings (SSSR count). The molecule has 0 aliphatic carbocycles. The highest BCUT2D eigenvalue weighted by Crippen LogP contribution is 2.30. The second kappa shape index (κ2) is 5.94. The minimum atomic E-state index is -3.57. The maximum Gasteiger partial charge on any atom is 0.271 e. The topological polar surface area (TPSA) is 74.8 Å². The molecule has 0 fully saturated rings. The number of hydrogen-bond acceptors (Lipinski definition) is 4. The molecule has 2 heterocycles. The van der Waals surface area contributed by atoms with E-state index in [4.69, 9.17) is 0 Å². The quantitative estimate of drug-likeness (QED) is 0.750. The molecule has 3 aromatic rings. The monoisotopic (exact) mass is 333 g/mol. The van der Waals surface area contributed by atoms with Crippen molar-refractivity contribution in [2.75, 3.05) is 4.72 Å². The Morgan fingerprint density at radius 2 is 2.09 bits per heavy atom. The van der Waals surface area contributed by atoms with Crippen molar-refractivity contribution in [2.24, 2.45) is 0 Å². The van der Waals surface area contributed by atoms with E-state index in [2.05, 4.69) is 14.9 Å². The van der Waals surface area contributed by atoms with Crippen LogP contribution in [0.4, 0.5) is 5.69 Å². The lowest BCUT2D eigenvalue weighted by molar-refractivity contribution is 0.603. The minimum absolute atomic E-state index is 0.277. The number of hydrogen-bond donors (Lipinski definition) is 2. The zero-order chi connectivity index (χ0) is 15.6. The van der Waals surface area contributed by atoms with Gasteiger partial charge in [-0.1, -0.05) is 19.1 Å². The van der Waals surface area contributed by atoms with Gasteiger partial charge in [0.2, 0.25) is 0 Å². The molecule has 0 saturated heterocycles. The molecule has 0 spiro atoms. The maximum atomic E-state index is 12.5. The standard InChI is InChI=1S/C15H15N3O2S2/c1-2-11-4-3-5-12(10-11)18-22(19,20)15-7-6-14(21-15)13-8-9-16-17-13/h3-10,18H,2H2,1H3,(H,16,17). The fraction of sp³-hybridized carbons (Fsp3) is 0.133. The Morgan fingerprint density at radius 3 is 2.82 bits per heavy atom. The number of thiophene rings is 1. The molecule has 0 unspecified atom stereocenters. The zero-order valence-corrected chi connectivity index (χ0v) is 13.5. The summed E-state index contributed by atoms with van der Waals surface area (Å²) >= 11 is 1.21. The van der Waals surface area contributed by atoms with Crippen molar-refractivity contribution in [3.8, 4) is 10.6 Å². The number of sulfonamides is 1. The van der Waals surface area contributed by atoms with Crippen LogP contribution >= 0.6 is 11.3 Å². The lowest BCUT2D eigenvalue weighted by atomic mass is 10.1. The number of aromatic amines is 1. The highest BCUT2D eigenvalue weighted by Gasteiger charge is 2.18. The molecule has 0 aliphatic rings. The molecule has 0 bridgehead atoms. The number of H-pyrrole nitrogens is 1. The minimum Gasteiger partial charge on any atom is -0.279 e. The van der Waals surface area contributed by atoms with E-state index >= 15 is 0 Å². The molecule has 22 heavy (non-hydrogen) atoms. The summed E-state index contributed by atoms with van der Waals surface area (Å²) in [6.45, 7) is 2.03. The number of aryl methyl sites for hydroxylation is 1. The van der Waals surface area contributed by atoms with Crippen molar-refractivity contribution in [3.63, 3.8) is 0 Å². The Morgan fingerprint density at radius 1 is 1.23 bits per heavy atom. The van der Waals surface area contributed by atoms with Gasteiger partial charge in [-0.05, 0) is 42.3 Å². The Bertz CT molecular complexity index is 868. The molecule has 0 atom stereocenters. The van der Waals surface area contributed by atoms with E-state index in [0.717, 1.165) is 22.6 Å². The van der Waals surface area contributed by atoms with Gasteiger partial charge in [0, 0.05) is 11.9 Å². The van der Waals surface area contributed by atoms with E-state index in [0.29, 0.717) is 5.69 Å². The van der Waals surface area contributed by atoms with Crippen molar-refractivity contribution in [3.05, 3.63) is 54.2 Å². The summed E-state index contributed by atoms with van der Waals surface area (Å²) in [5, 5.41) is 6.70. The Labute approximate surface area is 133 Å². The number of nitrogens with zero attached hydrogens (tertiary/aromatic N) is 1. The van der Waals surface area contributed by atoms with Crippen molar-refractivity contribution in [2.45, 2.75) is 17.6 Å². The molecule has 0 radical (unpaired) electrons. The largest absolute Gasteiger partial charge is 0.279 e. The number of aromatic nitrogens is 2. The predicted octanol–water partition coefficient (Wildman–Crippen LogP) is 3.50. The molecule has 0 amide bonds. The molecule has 1 aromatic carbocycles. The van der Waals surface area contributed by atoms with Gasteiger partial charge in [0.1, 0.15) is 4.21 Å². The Kier molecular flexibility index (Phi) is 4.00. The predicted molar refractivity (Wildman–Crippen MR) is 88.5 cm³/mol. The lowest BCUT2D eigenvalue weighted by Gasteiger charge is -2.07. The van der Waals surface area contributed by atoms with Crippen LogP contribution in [0.5, 0.6) is 0 Å². The lowest BCUT2D eigenvalue weighted by Crippen LogP contribution is -2.11. The van der Waals surface area contributed by atoms with Gasteiger partial charge in [-0.25, -0.2) is 8.42 Å². The van der Waals surface area contributed by atoms with Crippen molar-refractivity contribution in [1.29, 1.82) is 0 Å². The molecule has 5 nitrogen and oxygen atoms in total. The van der Waals surface area contributed by atoms with Crippen molar-refractivity contribution >= 4 is 27.0 Å². The molecule has 7 heteroatoms. The average Bonchev–Trinajstić information content (AvgIpc) is 3.18. The maximum absolute atomic E-state index is 12.5.